The summed E-state index contributed by atoms with van der Waals surface area (Å²) >= 11 is 0. The number of rotatable bonds is 13. The maximum absolute atomic E-state index is 3.33. The summed E-state index contributed by atoms with van der Waals surface area (Å²) in [6.07, 6.45) is 23.0. The van der Waals surface area contributed by atoms with Gasteiger partial charge in [-0.2, -0.15) is 0 Å². The van der Waals surface area contributed by atoms with E-state index in [9.17, 15) is 0 Å². The van der Waals surface area contributed by atoms with Crippen LogP contribution >= 0.6 is 0 Å². The van der Waals surface area contributed by atoms with Crippen LogP contribution < -0.4 is 0 Å². The van der Waals surface area contributed by atoms with Gasteiger partial charge in [0.05, 0.1) is 0 Å². The Morgan fingerprint density at radius 1 is 0.541 bits per heavy atom. The Morgan fingerprint density at radius 3 is 1.65 bits per heavy atom. The Morgan fingerprint density at radius 2 is 1.03 bits per heavy atom. The Labute approximate surface area is 229 Å². The zero-order chi connectivity index (χ0) is 26.0. The van der Waals surface area contributed by atoms with E-state index < -0.39 is 0 Å². The van der Waals surface area contributed by atoms with Gasteiger partial charge >= 0.3 is 0 Å². The quantitative estimate of drug-likeness (QED) is 0.192. The number of aryl methyl sites for hydroxylation is 1. The lowest BCUT2D eigenvalue weighted by atomic mass is 9.78. The molecule has 0 atom stereocenters. The van der Waals surface area contributed by atoms with Crippen LogP contribution in [0.15, 0.2) is 48.5 Å². The van der Waals surface area contributed by atoms with Gasteiger partial charge in [-0.1, -0.05) is 133 Å². The topological polar surface area (TPSA) is 0 Å². The summed E-state index contributed by atoms with van der Waals surface area (Å²) in [6.45, 7) is 4.57. The molecule has 0 unspecified atom stereocenters. The number of hydrogen-bond donors (Lipinski definition) is 0. The number of benzene rings is 2. The van der Waals surface area contributed by atoms with E-state index in [2.05, 4.69) is 86.1 Å². The fourth-order valence-electron chi connectivity index (χ4n) is 5.56. The minimum Gasteiger partial charge on any atom is -0.0979 e. The molecule has 1 aliphatic rings. The van der Waals surface area contributed by atoms with E-state index in [1.165, 1.54) is 108 Å². The Bertz CT molecular complexity index is 978. The second-order valence-corrected chi connectivity index (χ2v) is 11.3. The summed E-state index contributed by atoms with van der Waals surface area (Å²) in [4.78, 5) is 0. The molecule has 198 valence electrons. The van der Waals surface area contributed by atoms with Crippen molar-refractivity contribution in [3.8, 4) is 23.7 Å². The molecule has 0 amide bonds. The third kappa shape index (κ3) is 12.1. The van der Waals surface area contributed by atoms with Crippen LogP contribution in [0.5, 0.6) is 0 Å². The van der Waals surface area contributed by atoms with Crippen molar-refractivity contribution >= 4 is 0 Å². The zero-order valence-corrected chi connectivity index (χ0v) is 23.8. The maximum atomic E-state index is 3.33. The first-order chi connectivity index (χ1) is 18.3. The van der Waals surface area contributed by atoms with Crippen molar-refractivity contribution in [3.63, 3.8) is 0 Å². The van der Waals surface area contributed by atoms with Gasteiger partial charge in [0.2, 0.25) is 0 Å². The van der Waals surface area contributed by atoms with Gasteiger partial charge in [0, 0.05) is 23.1 Å². The second-order valence-electron chi connectivity index (χ2n) is 11.3. The van der Waals surface area contributed by atoms with Crippen LogP contribution in [0.25, 0.3) is 0 Å². The van der Waals surface area contributed by atoms with Crippen molar-refractivity contribution in [2.45, 2.75) is 123 Å². The van der Waals surface area contributed by atoms with E-state index in [0.717, 1.165) is 34.9 Å². The van der Waals surface area contributed by atoms with Crippen LogP contribution in [0.4, 0.5) is 0 Å². The third-order valence-corrected chi connectivity index (χ3v) is 8.10. The van der Waals surface area contributed by atoms with Crippen LogP contribution in [0.1, 0.15) is 139 Å². The first kappa shape index (κ1) is 29.1. The van der Waals surface area contributed by atoms with E-state index in [0.29, 0.717) is 0 Å². The number of hydrogen-bond acceptors (Lipinski definition) is 0. The van der Waals surface area contributed by atoms with E-state index in [1.807, 2.05) is 0 Å². The SMILES string of the molecule is CCCCCCCCC#Cc1ccc(C#Cc2ccc(CC[C@H]3CC[C@H](CCCCC)CC3)cc2)cc1. The van der Waals surface area contributed by atoms with Gasteiger partial charge in [-0.15, -0.1) is 0 Å². The molecule has 3 rings (SSSR count). The van der Waals surface area contributed by atoms with Crippen LogP contribution in [0.2, 0.25) is 0 Å². The standard InChI is InChI=1S/C37H50/c1-3-5-7-8-9-10-11-13-15-33-18-22-35(23-19-33)25-27-37-30-28-36(29-31-37)26-24-34-20-16-32(17-21-34)14-12-6-4-2/h18-19,22-23,28-32,34H,3-12,14,16-17,20-21,24,26H2,1-2H3/t32-,34-. The lowest BCUT2D eigenvalue weighted by Gasteiger charge is -2.28. The highest BCUT2D eigenvalue weighted by molar-refractivity contribution is 5.46. The molecule has 1 saturated carbocycles. The van der Waals surface area contributed by atoms with Gasteiger partial charge < -0.3 is 0 Å². The molecule has 0 heterocycles. The average molecular weight is 495 g/mol. The normalized spacial score (nSPS) is 16.9. The lowest BCUT2D eigenvalue weighted by Crippen LogP contribution is -2.15. The zero-order valence-electron chi connectivity index (χ0n) is 23.8. The highest BCUT2D eigenvalue weighted by Crippen LogP contribution is 2.34. The minimum absolute atomic E-state index is 0.935. The van der Waals surface area contributed by atoms with Crippen molar-refractivity contribution in [1.29, 1.82) is 0 Å². The molecule has 2 aromatic carbocycles. The summed E-state index contributed by atoms with van der Waals surface area (Å²) in [5.74, 6) is 15.2. The van der Waals surface area contributed by atoms with E-state index in [1.54, 1.807) is 0 Å². The van der Waals surface area contributed by atoms with Crippen molar-refractivity contribution in [2.75, 3.05) is 0 Å². The average Bonchev–Trinajstić information content (AvgIpc) is 2.94. The van der Waals surface area contributed by atoms with Gasteiger partial charge in [-0.3, -0.25) is 0 Å². The number of unbranched alkanes of at least 4 members (excludes halogenated alkanes) is 8. The molecule has 0 aliphatic heterocycles. The van der Waals surface area contributed by atoms with Crippen LogP contribution in [-0.4, -0.2) is 0 Å². The highest BCUT2D eigenvalue weighted by atomic mass is 14.3. The van der Waals surface area contributed by atoms with Crippen molar-refractivity contribution in [1.82, 2.24) is 0 Å². The molecular formula is C37H50. The minimum atomic E-state index is 0.935. The predicted molar refractivity (Wildman–Crippen MR) is 162 cm³/mol. The molecular weight excluding hydrogens is 444 g/mol. The van der Waals surface area contributed by atoms with E-state index in [4.69, 9.17) is 0 Å². The van der Waals surface area contributed by atoms with Crippen LogP contribution in [0, 0.1) is 35.5 Å². The van der Waals surface area contributed by atoms with E-state index in [-0.39, 0.29) is 0 Å². The van der Waals surface area contributed by atoms with Gasteiger partial charge in [0.25, 0.3) is 0 Å². The van der Waals surface area contributed by atoms with Crippen LogP contribution in [-0.2, 0) is 6.42 Å². The molecule has 2 aromatic rings. The van der Waals surface area contributed by atoms with Gasteiger partial charge in [-0.05, 0) is 73.1 Å². The molecule has 0 nitrogen and oxygen atoms in total. The van der Waals surface area contributed by atoms with E-state index >= 15 is 0 Å². The first-order valence-electron chi connectivity index (χ1n) is 15.5. The third-order valence-electron chi connectivity index (χ3n) is 8.10. The molecule has 1 aliphatic carbocycles. The molecule has 37 heavy (non-hydrogen) atoms. The summed E-state index contributed by atoms with van der Waals surface area (Å²) in [5, 5.41) is 0. The molecule has 0 spiro atoms. The molecule has 0 heteroatoms. The molecule has 0 aromatic heterocycles. The van der Waals surface area contributed by atoms with Crippen molar-refractivity contribution < 1.29 is 0 Å². The molecule has 0 radical (unpaired) electrons. The summed E-state index contributed by atoms with van der Waals surface area (Å²) in [6, 6.07) is 17.3. The summed E-state index contributed by atoms with van der Waals surface area (Å²) in [7, 11) is 0. The molecule has 0 saturated heterocycles. The van der Waals surface area contributed by atoms with Gasteiger partial charge in [0.15, 0.2) is 0 Å². The first-order valence-corrected chi connectivity index (χ1v) is 15.5. The maximum Gasteiger partial charge on any atom is 0.0249 e. The van der Waals surface area contributed by atoms with Crippen molar-refractivity contribution in [2.24, 2.45) is 11.8 Å². The Hall–Kier alpha value is -2.44. The molecule has 0 bridgehead atoms. The van der Waals surface area contributed by atoms with Crippen LogP contribution in [0.3, 0.4) is 0 Å². The summed E-state index contributed by atoms with van der Waals surface area (Å²) < 4.78 is 0. The Balaban J connectivity index is 1.35. The van der Waals surface area contributed by atoms with Crippen molar-refractivity contribution in [3.05, 3.63) is 70.8 Å². The molecule has 1 fully saturated rings. The fraction of sp³-hybridized carbons (Fsp3) is 0.568. The lowest BCUT2D eigenvalue weighted by molar-refractivity contribution is 0.249. The molecule has 0 N–H and O–H groups in total. The largest absolute Gasteiger partial charge is 0.0979 e. The highest BCUT2D eigenvalue weighted by Gasteiger charge is 2.20. The van der Waals surface area contributed by atoms with Gasteiger partial charge in [-0.25, -0.2) is 0 Å². The Kier molecular flexibility index (Phi) is 14.1. The monoisotopic (exact) mass is 494 g/mol. The predicted octanol–water partition coefficient (Wildman–Crippen LogP) is 10.5. The summed E-state index contributed by atoms with van der Waals surface area (Å²) in [5.41, 5.74) is 4.69. The van der Waals surface area contributed by atoms with Gasteiger partial charge in [0.1, 0.15) is 0 Å². The fourth-order valence-corrected chi connectivity index (χ4v) is 5.56. The second kappa shape index (κ2) is 17.9. The smallest absolute Gasteiger partial charge is 0.0249 e.